The van der Waals surface area contributed by atoms with Crippen molar-refractivity contribution in [3.05, 3.63) is 24.3 Å². The molecular weight excluding hydrogens is 208 g/mol. The average molecular weight is 222 g/mol. The van der Waals surface area contributed by atoms with Gasteiger partial charge < -0.3 is 14.7 Å². The fourth-order valence-corrected chi connectivity index (χ4v) is 1.36. The van der Waals surface area contributed by atoms with E-state index >= 15 is 0 Å². The third-order valence-electron chi connectivity index (χ3n) is 2.13. The lowest BCUT2D eigenvalue weighted by molar-refractivity contribution is 0.272. The van der Waals surface area contributed by atoms with Crippen molar-refractivity contribution in [2.75, 3.05) is 20.1 Å². The Hall–Kier alpha value is -1.66. The van der Waals surface area contributed by atoms with E-state index in [1.54, 1.807) is 18.4 Å². The van der Waals surface area contributed by atoms with E-state index in [1.807, 2.05) is 11.9 Å². The summed E-state index contributed by atoms with van der Waals surface area (Å²) >= 11 is 0. The molecular formula is C10H14N4O2. The lowest BCUT2D eigenvalue weighted by Crippen LogP contribution is -2.25. The van der Waals surface area contributed by atoms with E-state index in [2.05, 4.69) is 10.1 Å². The second kappa shape index (κ2) is 4.91. The average Bonchev–Trinajstić information content (AvgIpc) is 2.86. The molecule has 6 nitrogen and oxygen atoms in total. The van der Waals surface area contributed by atoms with Gasteiger partial charge in [0, 0.05) is 13.1 Å². The molecule has 16 heavy (non-hydrogen) atoms. The molecule has 0 aliphatic rings. The van der Waals surface area contributed by atoms with Gasteiger partial charge in [-0.3, -0.25) is 4.90 Å². The van der Waals surface area contributed by atoms with Crippen LogP contribution in [0, 0.1) is 0 Å². The highest BCUT2D eigenvalue weighted by molar-refractivity contribution is 5.44. The fourth-order valence-electron chi connectivity index (χ4n) is 1.36. The SMILES string of the molecule is CN(CCN)Cc1nc(-c2ccco2)no1. The minimum atomic E-state index is 0.473. The Kier molecular flexibility index (Phi) is 3.33. The van der Waals surface area contributed by atoms with Gasteiger partial charge in [-0.25, -0.2) is 0 Å². The third kappa shape index (κ3) is 2.47. The Morgan fingerprint density at radius 3 is 3.06 bits per heavy atom. The van der Waals surface area contributed by atoms with Crippen molar-refractivity contribution >= 4 is 0 Å². The zero-order chi connectivity index (χ0) is 11.4. The minimum absolute atomic E-state index is 0.473. The maximum Gasteiger partial charge on any atom is 0.241 e. The topological polar surface area (TPSA) is 81.3 Å². The first kappa shape index (κ1) is 10.8. The summed E-state index contributed by atoms with van der Waals surface area (Å²) in [6.45, 7) is 1.99. The molecule has 0 unspecified atom stereocenters. The van der Waals surface area contributed by atoms with Crippen LogP contribution in [0.1, 0.15) is 5.89 Å². The third-order valence-corrected chi connectivity index (χ3v) is 2.13. The van der Waals surface area contributed by atoms with Crippen LogP contribution in [0.3, 0.4) is 0 Å². The summed E-state index contributed by atoms with van der Waals surface area (Å²) in [5, 5.41) is 3.83. The maximum absolute atomic E-state index is 5.44. The molecule has 0 saturated carbocycles. The van der Waals surface area contributed by atoms with Crippen molar-refractivity contribution in [1.82, 2.24) is 15.0 Å². The largest absolute Gasteiger partial charge is 0.461 e. The van der Waals surface area contributed by atoms with Crippen LogP contribution in [0.5, 0.6) is 0 Å². The molecule has 2 aromatic rings. The second-order valence-electron chi connectivity index (χ2n) is 3.52. The van der Waals surface area contributed by atoms with Crippen LogP contribution in [0.25, 0.3) is 11.6 Å². The van der Waals surface area contributed by atoms with E-state index in [0.29, 0.717) is 30.6 Å². The van der Waals surface area contributed by atoms with Crippen molar-refractivity contribution in [3.63, 3.8) is 0 Å². The molecule has 2 N–H and O–H groups in total. The summed E-state index contributed by atoms with van der Waals surface area (Å²) in [6.07, 6.45) is 1.58. The van der Waals surface area contributed by atoms with Crippen LogP contribution in [-0.2, 0) is 6.54 Å². The van der Waals surface area contributed by atoms with E-state index in [0.717, 1.165) is 6.54 Å². The molecule has 0 aromatic carbocycles. The highest BCUT2D eigenvalue weighted by atomic mass is 16.5. The summed E-state index contributed by atoms with van der Waals surface area (Å²) in [6, 6.07) is 3.57. The van der Waals surface area contributed by atoms with Crippen LogP contribution in [0.2, 0.25) is 0 Å². The molecule has 0 saturated heterocycles. The predicted octanol–water partition coefficient (Wildman–Crippen LogP) is 0.720. The highest BCUT2D eigenvalue weighted by Crippen LogP contribution is 2.15. The summed E-state index contributed by atoms with van der Waals surface area (Å²) in [5.41, 5.74) is 5.44. The van der Waals surface area contributed by atoms with Gasteiger partial charge >= 0.3 is 0 Å². The zero-order valence-corrected chi connectivity index (χ0v) is 9.09. The molecule has 2 rings (SSSR count). The number of hydrogen-bond donors (Lipinski definition) is 1. The minimum Gasteiger partial charge on any atom is -0.461 e. The lowest BCUT2D eigenvalue weighted by Gasteiger charge is -2.11. The van der Waals surface area contributed by atoms with Crippen LogP contribution in [0.15, 0.2) is 27.3 Å². The van der Waals surface area contributed by atoms with Gasteiger partial charge in [0.2, 0.25) is 11.7 Å². The maximum atomic E-state index is 5.44. The van der Waals surface area contributed by atoms with Gasteiger partial charge in [-0.2, -0.15) is 4.98 Å². The normalized spacial score (nSPS) is 11.2. The number of rotatable bonds is 5. The van der Waals surface area contributed by atoms with Crippen LogP contribution in [0.4, 0.5) is 0 Å². The quantitative estimate of drug-likeness (QED) is 0.802. The fraction of sp³-hybridized carbons (Fsp3) is 0.400. The molecule has 0 spiro atoms. The van der Waals surface area contributed by atoms with Gasteiger partial charge in [0.25, 0.3) is 0 Å². The molecule has 0 amide bonds. The van der Waals surface area contributed by atoms with E-state index < -0.39 is 0 Å². The Labute approximate surface area is 93.0 Å². The summed E-state index contributed by atoms with van der Waals surface area (Å²) in [4.78, 5) is 6.23. The van der Waals surface area contributed by atoms with Gasteiger partial charge in [-0.05, 0) is 19.2 Å². The number of likely N-dealkylation sites (N-methyl/N-ethyl adjacent to an activating group) is 1. The van der Waals surface area contributed by atoms with Crippen molar-refractivity contribution in [2.45, 2.75) is 6.54 Å². The molecule has 86 valence electrons. The molecule has 0 bridgehead atoms. The molecule has 0 fully saturated rings. The first-order chi connectivity index (χ1) is 7.79. The highest BCUT2D eigenvalue weighted by Gasteiger charge is 2.11. The standard InChI is InChI=1S/C10H14N4O2/c1-14(5-4-11)7-9-12-10(13-16-9)8-3-2-6-15-8/h2-3,6H,4-5,7,11H2,1H3. The van der Waals surface area contributed by atoms with Crippen molar-refractivity contribution in [3.8, 4) is 11.6 Å². The van der Waals surface area contributed by atoms with Crippen LogP contribution in [-0.4, -0.2) is 35.2 Å². The summed E-state index contributed by atoms with van der Waals surface area (Å²) < 4.78 is 10.3. The van der Waals surface area contributed by atoms with Gasteiger partial charge in [-0.1, -0.05) is 5.16 Å². The van der Waals surface area contributed by atoms with E-state index in [4.69, 9.17) is 14.7 Å². The zero-order valence-electron chi connectivity index (χ0n) is 9.09. The van der Waals surface area contributed by atoms with E-state index in [-0.39, 0.29) is 0 Å². The van der Waals surface area contributed by atoms with E-state index in [9.17, 15) is 0 Å². The van der Waals surface area contributed by atoms with E-state index in [1.165, 1.54) is 0 Å². The van der Waals surface area contributed by atoms with Crippen LogP contribution < -0.4 is 5.73 Å². The Balaban J connectivity index is 2.03. The number of furan rings is 1. The summed E-state index contributed by atoms with van der Waals surface area (Å²) in [5.74, 6) is 1.64. The number of aromatic nitrogens is 2. The van der Waals surface area contributed by atoms with Crippen molar-refractivity contribution in [1.29, 1.82) is 0 Å². The molecule has 2 heterocycles. The van der Waals surface area contributed by atoms with Gasteiger partial charge in [0.15, 0.2) is 5.76 Å². The van der Waals surface area contributed by atoms with Crippen molar-refractivity contribution < 1.29 is 8.94 Å². The number of nitrogens with zero attached hydrogens (tertiary/aromatic N) is 3. The van der Waals surface area contributed by atoms with Gasteiger partial charge in [0.1, 0.15) is 0 Å². The van der Waals surface area contributed by atoms with Gasteiger partial charge in [0.05, 0.1) is 12.8 Å². The Morgan fingerprint density at radius 1 is 1.50 bits per heavy atom. The first-order valence-electron chi connectivity index (χ1n) is 5.04. The Morgan fingerprint density at radius 2 is 2.38 bits per heavy atom. The molecule has 0 aliphatic carbocycles. The monoisotopic (exact) mass is 222 g/mol. The number of hydrogen-bond acceptors (Lipinski definition) is 6. The molecule has 0 atom stereocenters. The lowest BCUT2D eigenvalue weighted by atomic mass is 10.4. The first-order valence-corrected chi connectivity index (χ1v) is 5.04. The molecule has 0 aliphatic heterocycles. The molecule has 6 heteroatoms. The molecule has 0 radical (unpaired) electrons. The van der Waals surface area contributed by atoms with Crippen molar-refractivity contribution in [2.24, 2.45) is 5.73 Å². The Bertz CT molecular complexity index is 424. The second-order valence-corrected chi connectivity index (χ2v) is 3.52. The van der Waals surface area contributed by atoms with Crippen LogP contribution >= 0.6 is 0 Å². The smallest absolute Gasteiger partial charge is 0.241 e. The number of nitrogens with two attached hydrogens (primary N) is 1. The molecule has 2 aromatic heterocycles. The predicted molar refractivity (Wildman–Crippen MR) is 57.4 cm³/mol. The summed E-state index contributed by atoms with van der Waals surface area (Å²) in [7, 11) is 1.95. The van der Waals surface area contributed by atoms with Gasteiger partial charge in [-0.15, -0.1) is 0 Å².